The van der Waals surface area contributed by atoms with Crippen LogP contribution in [0.5, 0.6) is 0 Å². The van der Waals surface area contributed by atoms with E-state index in [2.05, 4.69) is 33.0 Å². The summed E-state index contributed by atoms with van der Waals surface area (Å²) in [4.78, 5) is 0. The summed E-state index contributed by atoms with van der Waals surface area (Å²) in [5.41, 5.74) is 2.59. The summed E-state index contributed by atoms with van der Waals surface area (Å²) < 4.78 is 0.718. The van der Waals surface area contributed by atoms with Gasteiger partial charge in [0.05, 0.1) is 0 Å². The molecule has 2 nitrogen and oxygen atoms in total. The van der Waals surface area contributed by atoms with Crippen LogP contribution in [0.25, 0.3) is 0 Å². The Labute approximate surface area is 51.4 Å². The average Bonchev–Trinajstić information content (AvgIpc) is 1.68. The number of hydrazone groups is 1. The van der Waals surface area contributed by atoms with E-state index in [0.717, 1.165) is 4.62 Å². The van der Waals surface area contributed by atoms with Crippen molar-refractivity contribution in [3.05, 3.63) is 12.7 Å². The Kier molecular flexibility index (Phi) is 3.69. The second-order valence-corrected chi connectivity index (χ2v) is 1.67. The van der Waals surface area contributed by atoms with E-state index in [9.17, 15) is 0 Å². The molecule has 7 heavy (non-hydrogen) atoms. The second-order valence-electron chi connectivity index (χ2n) is 0.862. The zero-order valence-electron chi connectivity index (χ0n) is 4.11. The Morgan fingerprint density at radius 2 is 2.57 bits per heavy atom. The first-order valence-corrected chi connectivity index (χ1v) is 2.63. The van der Waals surface area contributed by atoms with Crippen LogP contribution in [0.15, 0.2) is 17.8 Å². The van der Waals surface area contributed by atoms with Crippen molar-refractivity contribution in [2.75, 3.05) is 7.05 Å². The largest absolute Gasteiger partial charge is 0.312 e. The van der Waals surface area contributed by atoms with E-state index < -0.39 is 0 Å². The van der Waals surface area contributed by atoms with Crippen molar-refractivity contribution >= 4 is 20.6 Å². The normalized spacial score (nSPS) is 10.9. The first-order valence-electron chi connectivity index (χ1n) is 1.83. The monoisotopic (exact) mass is 162 g/mol. The van der Waals surface area contributed by atoms with Gasteiger partial charge in [-0.05, 0) is 22.0 Å². The van der Waals surface area contributed by atoms with Gasteiger partial charge in [-0.25, -0.2) is 0 Å². The predicted octanol–water partition coefficient (Wildman–Crippen LogP) is 1.10. The molecular weight excluding hydrogens is 156 g/mol. The van der Waals surface area contributed by atoms with Crippen molar-refractivity contribution in [2.24, 2.45) is 5.10 Å². The second kappa shape index (κ2) is 3.87. The Morgan fingerprint density at radius 3 is 2.71 bits per heavy atom. The molecule has 0 aliphatic rings. The maximum atomic E-state index is 3.71. The zero-order valence-corrected chi connectivity index (χ0v) is 5.70. The standard InChI is InChI=1S/C4H7BrN2/c1-3-4(5)7-6-2/h3,6H,1H2,2H3/b7-4+. The molecular formula is C4H7BrN2. The molecule has 3 heteroatoms. The maximum Gasteiger partial charge on any atom is 0.125 e. The first kappa shape index (κ1) is 6.69. The molecule has 0 atom stereocenters. The lowest BCUT2D eigenvalue weighted by molar-refractivity contribution is 0.907. The van der Waals surface area contributed by atoms with Crippen LogP contribution in [-0.2, 0) is 0 Å². The van der Waals surface area contributed by atoms with Crippen LogP contribution < -0.4 is 5.43 Å². The van der Waals surface area contributed by atoms with E-state index >= 15 is 0 Å². The molecule has 0 aromatic rings. The molecule has 0 bridgehead atoms. The van der Waals surface area contributed by atoms with Crippen LogP contribution in [0, 0.1) is 0 Å². The molecule has 0 fully saturated rings. The van der Waals surface area contributed by atoms with Gasteiger partial charge in [0, 0.05) is 7.05 Å². The minimum Gasteiger partial charge on any atom is -0.312 e. The summed E-state index contributed by atoms with van der Waals surface area (Å²) in [6, 6.07) is 0. The van der Waals surface area contributed by atoms with Crippen LogP contribution in [0.2, 0.25) is 0 Å². The van der Waals surface area contributed by atoms with Gasteiger partial charge in [0.1, 0.15) is 4.62 Å². The van der Waals surface area contributed by atoms with Crippen molar-refractivity contribution in [2.45, 2.75) is 0 Å². The van der Waals surface area contributed by atoms with Crippen molar-refractivity contribution in [1.29, 1.82) is 0 Å². The van der Waals surface area contributed by atoms with Gasteiger partial charge in [-0.15, -0.1) is 0 Å². The highest BCUT2D eigenvalue weighted by Crippen LogP contribution is 1.85. The number of hydrogen-bond donors (Lipinski definition) is 1. The number of halogens is 1. The predicted molar refractivity (Wildman–Crippen MR) is 35.6 cm³/mol. The third-order valence-electron chi connectivity index (χ3n) is 0.387. The molecule has 0 unspecified atom stereocenters. The molecule has 0 heterocycles. The van der Waals surface area contributed by atoms with E-state index in [1.165, 1.54) is 0 Å². The highest BCUT2D eigenvalue weighted by Gasteiger charge is 1.75. The molecule has 1 N–H and O–H groups in total. The van der Waals surface area contributed by atoms with Crippen molar-refractivity contribution in [3.63, 3.8) is 0 Å². The van der Waals surface area contributed by atoms with Crippen molar-refractivity contribution in [3.8, 4) is 0 Å². The molecule has 0 aliphatic heterocycles. The fourth-order valence-corrected chi connectivity index (χ4v) is 0.330. The summed E-state index contributed by atoms with van der Waals surface area (Å²) in [5.74, 6) is 0. The van der Waals surface area contributed by atoms with E-state index in [4.69, 9.17) is 0 Å². The number of nitrogens with zero attached hydrogens (tertiary/aromatic N) is 1. The van der Waals surface area contributed by atoms with Crippen molar-refractivity contribution in [1.82, 2.24) is 5.43 Å². The van der Waals surface area contributed by atoms with Crippen LogP contribution >= 0.6 is 15.9 Å². The Bertz CT molecular complexity index is 87.7. The van der Waals surface area contributed by atoms with Gasteiger partial charge in [-0.3, -0.25) is 0 Å². The molecule has 0 amide bonds. The SMILES string of the molecule is C=C/C(Br)=N\NC. The van der Waals surface area contributed by atoms with Crippen LogP contribution in [-0.4, -0.2) is 11.7 Å². The number of nitrogens with one attached hydrogen (secondary N) is 1. The van der Waals surface area contributed by atoms with Gasteiger partial charge in [0.2, 0.25) is 0 Å². The Hall–Kier alpha value is -0.310. The fourth-order valence-electron chi connectivity index (χ4n) is 0.152. The lowest BCUT2D eigenvalue weighted by Gasteiger charge is -1.84. The maximum absolute atomic E-state index is 3.71. The van der Waals surface area contributed by atoms with Gasteiger partial charge >= 0.3 is 0 Å². The van der Waals surface area contributed by atoms with E-state index in [0.29, 0.717) is 0 Å². The Morgan fingerprint density at radius 1 is 2.00 bits per heavy atom. The Balaban J connectivity index is 3.49. The van der Waals surface area contributed by atoms with Crippen LogP contribution in [0.4, 0.5) is 0 Å². The van der Waals surface area contributed by atoms with Gasteiger partial charge in [-0.1, -0.05) is 6.58 Å². The van der Waals surface area contributed by atoms with Gasteiger partial charge < -0.3 is 5.43 Å². The zero-order chi connectivity index (χ0) is 5.70. The highest BCUT2D eigenvalue weighted by atomic mass is 79.9. The van der Waals surface area contributed by atoms with E-state index in [1.54, 1.807) is 13.1 Å². The number of rotatable bonds is 2. The first-order chi connectivity index (χ1) is 3.31. The smallest absolute Gasteiger partial charge is 0.125 e. The number of allylic oxidation sites excluding steroid dienone is 1. The lowest BCUT2D eigenvalue weighted by Crippen LogP contribution is -1.95. The average molecular weight is 163 g/mol. The molecule has 0 radical (unpaired) electrons. The third-order valence-corrected chi connectivity index (χ3v) is 0.888. The van der Waals surface area contributed by atoms with Gasteiger partial charge in [-0.2, -0.15) is 5.10 Å². The third kappa shape index (κ3) is 3.52. The quantitative estimate of drug-likeness (QED) is 0.478. The summed E-state index contributed by atoms with van der Waals surface area (Å²) in [5, 5.41) is 3.71. The van der Waals surface area contributed by atoms with Gasteiger partial charge in [0.15, 0.2) is 0 Å². The van der Waals surface area contributed by atoms with Crippen LogP contribution in [0.3, 0.4) is 0 Å². The molecule has 40 valence electrons. The fraction of sp³-hybridized carbons (Fsp3) is 0.250. The molecule has 0 aromatic carbocycles. The summed E-state index contributed by atoms with van der Waals surface area (Å²) in [6.07, 6.45) is 1.61. The minimum absolute atomic E-state index is 0.718. The molecule has 0 saturated carbocycles. The molecule has 0 aromatic heterocycles. The number of hydrogen-bond acceptors (Lipinski definition) is 2. The van der Waals surface area contributed by atoms with Crippen molar-refractivity contribution < 1.29 is 0 Å². The van der Waals surface area contributed by atoms with Crippen LogP contribution in [0.1, 0.15) is 0 Å². The molecule has 0 aliphatic carbocycles. The summed E-state index contributed by atoms with van der Waals surface area (Å²) in [7, 11) is 1.73. The summed E-state index contributed by atoms with van der Waals surface area (Å²) in [6.45, 7) is 3.46. The molecule has 0 rings (SSSR count). The summed E-state index contributed by atoms with van der Waals surface area (Å²) >= 11 is 3.11. The molecule has 0 spiro atoms. The minimum atomic E-state index is 0.718. The molecule has 0 saturated heterocycles. The highest BCUT2D eigenvalue weighted by molar-refractivity contribution is 9.18. The van der Waals surface area contributed by atoms with Gasteiger partial charge in [0.25, 0.3) is 0 Å². The topological polar surface area (TPSA) is 24.4 Å². The lowest BCUT2D eigenvalue weighted by atomic mass is 10.7. The van der Waals surface area contributed by atoms with E-state index in [1.807, 2.05) is 0 Å². The van der Waals surface area contributed by atoms with E-state index in [-0.39, 0.29) is 0 Å².